The molecule has 0 saturated heterocycles. The lowest BCUT2D eigenvalue weighted by molar-refractivity contribution is 0.212. The molecule has 0 N–H and O–H groups in total. The zero-order chi connectivity index (χ0) is 19.8. The third-order valence-electron chi connectivity index (χ3n) is 5.00. The lowest BCUT2D eigenvalue weighted by Gasteiger charge is -2.12. The molecule has 0 rings (SSSR count). The summed E-state index contributed by atoms with van der Waals surface area (Å²) in [6.07, 6.45) is 26.9. The highest BCUT2D eigenvalue weighted by molar-refractivity contribution is 6.44. The Kier molecular flexibility index (Phi) is 23.8. The van der Waals surface area contributed by atoms with Gasteiger partial charge >= 0.3 is 9.28 Å². The van der Waals surface area contributed by atoms with E-state index in [9.17, 15) is 0 Å². The Balaban J connectivity index is 3.21. The Bertz CT molecular complexity index is 288. The standard InChI is InChI=1S/C24H49O2Si/c1-4-7-8-9-10-11-12-13-14-15-16-17-18-19-20-21-22-23-24-27(25-5-2)26-6-3/h13-14H,4-12,15-24H2,1-3H3/b14-13-. The van der Waals surface area contributed by atoms with E-state index in [2.05, 4.69) is 32.9 Å². The molecule has 0 aliphatic heterocycles. The molecule has 0 unspecified atom stereocenters. The van der Waals surface area contributed by atoms with Gasteiger partial charge in [-0.25, -0.2) is 0 Å². The predicted molar refractivity (Wildman–Crippen MR) is 122 cm³/mol. The normalized spacial score (nSPS) is 11.9. The smallest absolute Gasteiger partial charge is 0.384 e. The van der Waals surface area contributed by atoms with Crippen LogP contribution in [0.3, 0.4) is 0 Å². The van der Waals surface area contributed by atoms with E-state index in [0.717, 1.165) is 19.3 Å². The van der Waals surface area contributed by atoms with Crippen molar-refractivity contribution in [3.05, 3.63) is 12.2 Å². The van der Waals surface area contributed by atoms with Gasteiger partial charge in [0.1, 0.15) is 0 Å². The largest absolute Gasteiger partial charge is 0.394 e. The van der Waals surface area contributed by atoms with Gasteiger partial charge in [0.05, 0.1) is 0 Å². The van der Waals surface area contributed by atoms with E-state index in [0.29, 0.717) is 0 Å². The first-order chi connectivity index (χ1) is 13.3. The topological polar surface area (TPSA) is 18.5 Å². The minimum Gasteiger partial charge on any atom is -0.394 e. The Morgan fingerprint density at radius 3 is 1.37 bits per heavy atom. The fraction of sp³-hybridized carbons (Fsp3) is 0.917. The monoisotopic (exact) mass is 397 g/mol. The van der Waals surface area contributed by atoms with Gasteiger partial charge in [0.15, 0.2) is 0 Å². The van der Waals surface area contributed by atoms with Crippen molar-refractivity contribution in [3.63, 3.8) is 0 Å². The molecule has 0 heterocycles. The number of hydrogen-bond donors (Lipinski definition) is 0. The molecule has 27 heavy (non-hydrogen) atoms. The van der Waals surface area contributed by atoms with Crippen molar-refractivity contribution in [2.75, 3.05) is 13.2 Å². The van der Waals surface area contributed by atoms with Crippen LogP contribution < -0.4 is 0 Å². The van der Waals surface area contributed by atoms with Gasteiger partial charge in [-0.05, 0) is 45.6 Å². The number of unbranched alkanes of at least 4 members (excludes halogenated alkanes) is 14. The summed E-state index contributed by atoms with van der Waals surface area (Å²) in [7, 11) is -0.974. The minimum atomic E-state index is -0.974. The van der Waals surface area contributed by atoms with Crippen molar-refractivity contribution in [2.45, 2.75) is 130 Å². The summed E-state index contributed by atoms with van der Waals surface area (Å²) in [6, 6.07) is 1.15. The maximum absolute atomic E-state index is 5.69. The molecule has 3 heteroatoms. The summed E-state index contributed by atoms with van der Waals surface area (Å²) in [5.74, 6) is 0. The van der Waals surface area contributed by atoms with Crippen LogP contribution >= 0.6 is 0 Å². The van der Waals surface area contributed by atoms with E-state index in [1.54, 1.807) is 0 Å². The third-order valence-corrected chi connectivity index (χ3v) is 6.99. The molecule has 0 spiro atoms. The number of rotatable bonds is 22. The fourth-order valence-corrected chi connectivity index (χ4v) is 4.93. The first-order valence-electron chi connectivity index (χ1n) is 12.1. The van der Waals surface area contributed by atoms with Crippen LogP contribution in [-0.4, -0.2) is 22.5 Å². The SMILES string of the molecule is CCCCCCCC/C=C\CCCCCCCCCC[Si](OCC)OCC. The highest BCUT2D eigenvalue weighted by Gasteiger charge is 2.13. The maximum Gasteiger partial charge on any atom is 0.384 e. The Hall–Kier alpha value is -0.123. The van der Waals surface area contributed by atoms with Crippen molar-refractivity contribution in [1.82, 2.24) is 0 Å². The highest BCUT2D eigenvalue weighted by Crippen LogP contribution is 2.13. The molecule has 0 amide bonds. The van der Waals surface area contributed by atoms with E-state index in [1.807, 2.05) is 0 Å². The van der Waals surface area contributed by atoms with Crippen LogP contribution in [0.2, 0.25) is 6.04 Å². The van der Waals surface area contributed by atoms with E-state index >= 15 is 0 Å². The zero-order valence-corrected chi connectivity index (χ0v) is 19.9. The highest BCUT2D eigenvalue weighted by atomic mass is 28.3. The fourth-order valence-electron chi connectivity index (χ4n) is 3.38. The van der Waals surface area contributed by atoms with Gasteiger partial charge in [-0.3, -0.25) is 0 Å². The van der Waals surface area contributed by atoms with E-state index in [1.165, 1.54) is 103 Å². The van der Waals surface area contributed by atoms with Crippen LogP contribution in [0.4, 0.5) is 0 Å². The molecule has 161 valence electrons. The molecule has 1 radical (unpaired) electrons. The quantitative estimate of drug-likeness (QED) is 0.104. The molecule has 0 aliphatic carbocycles. The van der Waals surface area contributed by atoms with Crippen LogP contribution in [-0.2, 0) is 8.85 Å². The molecule has 2 nitrogen and oxygen atoms in total. The van der Waals surface area contributed by atoms with Gasteiger partial charge < -0.3 is 8.85 Å². The lowest BCUT2D eigenvalue weighted by atomic mass is 10.1. The summed E-state index contributed by atoms with van der Waals surface area (Å²) >= 11 is 0. The molecule has 0 aliphatic rings. The number of hydrogen-bond acceptors (Lipinski definition) is 2. The Labute approximate surface area is 173 Å². The summed E-state index contributed by atoms with van der Waals surface area (Å²) in [4.78, 5) is 0. The number of allylic oxidation sites excluding steroid dienone is 2. The Morgan fingerprint density at radius 2 is 0.926 bits per heavy atom. The molecule has 0 fully saturated rings. The molecular weight excluding hydrogens is 348 g/mol. The average Bonchev–Trinajstić information content (AvgIpc) is 2.67. The Morgan fingerprint density at radius 1 is 0.519 bits per heavy atom. The van der Waals surface area contributed by atoms with Crippen LogP contribution in [0.15, 0.2) is 12.2 Å². The molecule has 0 aromatic heterocycles. The van der Waals surface area contributed by atoms with Crippen molar-refractivity contribution in [1.29, 1.82) is 0 Å². The molecule has 0 bridgehead atoms. The van der Waals surface area contributed by atoms with E-state index < -0.39 is 9.28 Å². The van der Waals surface area contributed by atoms with Gasteiger partial charge in [0, 0.05) is 13.2 Å². The van der Waals surface area contributed by atoms with Crippen molar-refractivity contribution in [2.24, 2.45) is 0 Å². The lowest BCUT2D eigenvalue weighted by Crippen LogP contribution is -2.22. The van der Waals surface area contributed by atoms with Gasteiger partial charge in [0.2, 0.25) is 0 Å². The predicted octanol–water partition coefficient (Wildman–Crippen LogP) is 8.37. The average molecular weight is 398 g/mol. The first kappa shape index (κ1) is 26.9. The van der Waals surface area contributed by atoms with Gasteiger partial charge in [-0.15, -0.1) is 0 Å². The van der Waals surface area contributed by atoms with Crippen molar-refractivity contribution in [3.8, 4) is 0 Å². The summed E-state index contributed by atoms with van der Waals surface area (Å²) < 4.78 is 11.4. The van der Waals surface area contributed by atoms with Gasteiger partial charge in [0.25, 0.3) is 0 Å². The first-order valence-corrected chi connectivity index (χ1v) is 13.6. The van der Waals surface area contributed by atoms with Crippen LogP contribution in [0.1, 0.15) is 124 Å². The van der Waals surface area contributed by atoms with E-state index in [4.69, 9.17) is 8.85 Å². The molecular formula is C24H49O2Si. The maximum atomic E-state index is 5.69. The van der Waals surface area contributed by atoms with Crippen LogP contribution in [0, 0.1) is 0 Å². The second-order valence-electron chi connectivity index (χ2n) is 7.63. The summed E-state index contributed by atoms with van der Waals surface area (Å²) in [5, 5.41) is 0. The van der Waals surface area contributed by atoms with Crippen LogP contribution in [0.25, 0.3) is 0 Å². The van der Waals surface area contributed by atoms with E-state index in [-0.39, 0.29) is 0 Å². The molecule has 0 atom stereocenters. The second kappa shape index (κ2) is 23.9. The van der Waals surface area contributed by atoms with Crippen molar-refractivity contribution < 1.29 is 8.85 Å². The molecule has 0 saturated carbocycles. The minimum absolute atomic E-state index is 0.794. The zero-order valence-electron chi connectivity index (χ0n) is 18.9. The third kappa shape index (κ3) is 22.0. The summed E-state index contributed by atoms with van der Waals surface area (Å²) in [6.45, 7) is 8.00. The molecule has 0 aromatic carbocycles. The van der Waals surface area contributed by atoms with Crippen LogP contribution in [0.5, 0.6) is 0 Å². The van der Waals surface area contributed by atoms with Gasteiger partial charge in [-0.1, -0.05) is 96.1 Å². The summed E-state index contributed by atoms with van der Waals surface area (Å²) in [5.41, 5.74) is 0. The molecule has 0 aromatic rings. The second-order valence-corrected chi connectivity index (χ2v) is 9.45. The van der Waals surface area contributed by atoms with Crippen molar-refractivity contribution >= 4 is 9.28 Å². The van der Waals surface area contributed by atoms with Gasteiger partial charge in [-0.2, -0.15) is 0 Å².